The standard InChI is InChI=1S/C10H10BrNO2/c1-13-14-7-8-2-3-9(6-12)10(4-8)5-11/h2-4H,5,7H2,1H3. The SMILES string of the molecule is COOCc1ccc(C#N)c(CBr)c1. The Hall–Kier alpha value is -0.890. The highest BCUT2D eigenvalue weighted by Crippen LogP contribution is 2.15. The highest BCUT2D eigenvalue weighted by atomic mass is 79.9. The lowest BCUT2D eigenvalue weighted by Crippen LogP contribution is -1.94. The van der Waals surface area contributed by atoms with Crippen molar-refractivity contribution in [1.82, 2.24) is 0 Å². The fraction of sp³-hybridized carbons (Fsp3) is 0.300. The van der Waals surface area contributed by atoms with E-state index >= 15 is 0 Å². The summed E-state index contributed by atoms with van der Waals surface area (Å²) in [6.45, 7) is 0.391. The summed E-state index contributed by atoms with van der Waals surface area (Å²) in [4.78, 5) is 9.29. The number of halogens is 1. The molecule has 0 saturated carbocycles. The van der Waals surface area contributed by atoms with Crippen molar-refractivity contribution in [3.8, 4) is 6.07 Å². The Morgan fingerprint density at radius 3 is 2.86 bits per heavy atom. The van der Waals surface area contributed by atoms with E-state index in [2.05, 4.69) is 26.9 Å². The number of nitriles is 1. The topological polar surface area (TPSA) is 42.2 Å². The number of rotatable bonds is 4. The summed E-state index contributed by atoms with van der Waals surface area (Å²) in [6.07, 6.45) is 0. The zero-order chi connectivity index (χ0) is 10.4. The molecule has 0 fully saturated rings. The van der Waals surface area contributed by atoms with E-state index in [1.165, 1.54) is 7.11 Å². The first-order valence-electron chi connectivity index (χ1n) is 4.05. The zero-order valence-corrected chi connectivity index (χ0v) is 9.37. The number of hydrogen-bond acceptors (Lipinski definition) is 3. The molecule has 0 unspecified atom stereocenters. The molecule has 0 aromatic heterocycles. The van der Waals surface area contributed by atoms with Crippen LogP contribution in [0.25, 0.3) is 0 Å². The molecular weight excluding hydrogens is 246 g/mol. The Balaban J connectivity index is 2.86. The average molecular weight is 256 g/mol. The van der Waals surface area contributed by atoms with E-state index in [1.54, 1.807) is 6.07 Å². The van der Waals surface area contributed by atoms with E-state index in [9.17, 15) is 0 Å². The van der Waals surface area contributed by atoms with Gasteiger partial charge in [0.2, 0.25) is 0 Å². The van der Waals surface area contributed by atoms with Gasteiger partial charge in [0.05, 0.1) is 18.7 Å². The van der Waals surface area contributed by atoms with Crippen LogP contribution in [0.1, 0.15) is 16.7 Å². The lowest BCUT2D eigenvalue weighted by molar-refractivity contribution is -0.282. The van der Waals surface area contributed by atoms with Gasteiger partial charge in [-0.25, -0.2) is 9.78 Å². The molecule has 3 nitrogen and oxygen atoms in total. The van der Waals surface area contributed by atoms with Crippen molar-refractivity contribution in [3.63, 3.8) is 0 Å². The summed E-state index contributed by atoms with van der Waals surface area (Å²) < 4.78 is 0. The predicted octanol–water partition coefficient (Wildman–Crippen LogP) is 2.53. The van der Waals surface area contributed by atoms with Gasteiger partial charge in [-0.05, 0) is 17.2 Å². The first kappa shape index (κ1) is 11.2. The molecule has 0 aliphatic carbocycles. The molecule has 1 aromatic rings. The molecule has 0 heterocycles. The summed E-state index contributed by atoms with van der Waals surface area (Å²) in [6, 6.07) is 7.68. The molecule has 0 saturated heterocycles. The zero-order valence-electron chi connectivity index (χ0n) is 7.79. The normalized spacial score (nSPS) is 9.79. The van der Waals surface area contributed by atoms with Crippen LogP contribution in [0.2, 0.25) is 0 Å². The second-order valence-corrected chi connectivity index (χ2v) is 3.23. The molecule has 1 aromatic carbocycles. The van der Waals surface area contributed by atoms with Gasteiger partial charge in [-0.2, -0.15) is 5.26 Å². The van der Waals surface area contributed by atoms with Gasteiger partial charge in [0.15, 0.2) is 0 Å². The van der Waals surface area contributed by atoms with Gasteiger partial charge in [-0.1, -0.05) is 28.1 Å². The van der Waals surface area contributed by atoms with Crippen LogP contribution < -0.4 is 0 Å². The van der Waals surface area contributed by atoms with E-state index in [0.717, 1.165) is 11.1 Å². The van der Waals surface area contributed by atoms with Gasteiger partial charge < -0.3 is 0 Å². The van der Waals surface area contributed by atoms with E-state index in [-0.39, 0.29) is 0 Å². The quantitative estimate of drug-likeness (QED) is 0.472. The summed E-state index contributed by atoms with van der Waals surface area (Å²) in [5, 5.41) is 9.45. The molecule has 14 heavy (non-hydrogen) atoms. The van der Waals surface area contributed by atoms with E-state index in [1.807, 2.05) is 12.1 Å². The second-order valence-electron chi connectivity index (χ2n) is 2.67. The molecule has 0 N–H and O–H groups in total. The maximum absolute atomic E-state index is 8.79. The Kier molecular flexibility index (Phi) is 4.60. The van der Waals surface area contributed by atoms with Crippen LogP contribution in [-0.2, 0) is 21.7 Å². The predicted molar refractivity (Wildman–Crippen MR) is 55.6 cm³/mol. The van der Waals surface area contributed by atoms with Crippen molar-refractivity contribution in [1.29, 1.82) is 5.26 Å². The lowest BCUT2D eigenvalue weighted by atomic mass is 10.1. The fourth-order valence-electron chi connectivity index (χ4n) is 1.08. The molecule has 0 amide bonds. The van der Waals surface area contributed by atoms with Crippen molar-refractivity contribution in [3.05, 3.63) is 34.9 Å². The van der Waals surface area contributed by atoms with Gasteiger partial charge in [0, 0.05) is 5.33 Å². The van der Waals surface area contributed by atoms with E-state index in [0.29, 0.717) is 17.5 Å². The average Bonchev–Trinajstić information content (AvgIpc) is 2.25. The largest absolute Gasteiger partial charge is 0.240 e. The summed E-state index contributed by atoms with van der Waals surface area (Å²) in [5.74, 6) is 0. The first-order valence-corrected chi connectivity index (χ1v) is 5.17. The molecule has 4 heteroatoms. The molecule has 0 bridgehead atoms. The van der Waals surface area contributed by atoms with Crippen molar-refractivity contribution in [2.24, 2.45) is 0 Å². The summed E-state index contributed by atoms with van der Waals surface area (Å²) in [5.41, 5.74) is 2.63. The van der Waals surface area contributed by atoms with Crippen LogP contribution in [0.5, 0.6) is 0 Å². The van der Waals surface area contributed by atoms with Gasteiger partial charge >= 0.3 is 0 Å². The van der Waals surface area contributed by atoms with Crippen LogP contribution >= 0.6 is 15.9 Å². The van der Waals surface area contributed by atoms with Crippen molar-refractivity contribution < 1.29 is 9.78 Å². The molecular formula is C10H10BrNO2. The minimum absolute atomic E-state index is 0.391. The van der Waals surface area contributed by atoms with Crippen molar-refractivity contribution in [2.75, 3.05) is 7.11 Å². The minimum Gasteiger partial charge on any atom is -0.240 e. The van der Waals surface area contributed by atoms with Crippen LogP contribution in [0.3, 0.4) is 0 Å². The Labute approximate surface area is 91.3 Å². The van der Waals surface area contributed by atoms with Crippen LogP contribution in [0.15, 0.2) is 18.2 Å². The monoisotopic (exact) mass is 255 g/mol. The molecule has 0 atom stereocenters. The molecule has 1 rings (SSSR count). The maximum atomic E-state index is 8.79. The Bertz CT molecular complexity index is 346. The second kappa shape index (κ2) is 5.76. The summed E-state index contributed by atoms with van der Waals surface area (Å²) >= 11 is 3.33. The van der Waals surface area contributed by atoms with Gasteiger partial charge in [0.25, 0.3) is 0 Å². The molecule has 0 aliphatic heterocycles. The highest BCUT2D eigenvalue weighted by Gasteiger charge is 2.02. The molecule has 74 valence electrons. The third-order valence-electron chi connectivity index (χ3n) is 1.78. The third kappa shape index (κ3) is 2.81. The van der Waals surface area contributed by atoms with E-state index in [4.69, 9.17) is 10.1 Å². The molecule has 0 aliphatic rings. The summed E-state index contributed by atoms with van der Waals surface area (Å²) in [7, 11) is 1.47. The van der Waals surface area contributed by atoms with Gasteiger partial charge in [0.1, 0.15) is 6.61 Å². The smallest absolute Gasteiger partial charge is 0.107 e. The van der Waals surface area contributed by atoms with Crippen LogP contribution in [0.4, 0.5) is 0 Å². The molecule has 0 radical (unpaired) electrons. The van der Waals surface area contributed by atoms with Crippen LogP contribution in [-0.4, -0.2) is 7.11 Å². The number of alkyl halides is 1. The Morgan fingerprint density at radius 2 is 2.29 bits per heavy atom. The highest BCUT2D eigenvalue weighted by molar-refractivity contribution is 9.08. The van der Waals surface area contributed by atoms with Crippen LogP contribution in [0, 0.1) is 11.3 Å². The lowest BCUT2D eigenvalue weighted by Gasteiger charge is -2.04. The fourth-order valence-corrected chi connectivity index (χ4v) is 1.55. The number of benzene rings is 1. The first-order chi connectivity index (χ1) is 6.81. The van der Waals surface area contributed by atoms with Crippen molar-refractivity contribution in [2.45, 2.75) is 11.9 Å². The minimum atomic E-state index is 0.391. The van der Waals surface area contributed by atoms with Gasteiger partial charge in [-0.3, -0.25) is 0 Å². The Morgan fingerprint density at radius 1 is 1.50 bits per heavy atom. The van der Waals surface area contributed by atoms with Crippen molar-refractivity contribution >= 4 is 15.9 Å². The number of hydrogen-bond donors (Lipinski definition) is 0. The van der Waals surface area contributed by atoms with Gasteiger partial charge in [-0.15, -0.1) is 0 Å². The third-order valence-corrected chi connectivity index (χ3v) is 2.38. The number of nitrogens with zero attached hydrogens (tertiary/aromatic N) is 1. The molecule has 0 spiro atoms. The van der Waals surface area contributed by atoms with E-state index < -0.39 is 0 Å². The maximum Gasteiger partial charge on any atom is 0.107 e.